The van der Waals surface area contributed by atoms with Crippen molar-refractivity contribution in [3.63, 3.8) is 0 Å². The Morgan fingerprint density at radius 2 is 1.81 bits per heavy atom. The van der Waals surface area contributed by atoms with E-state index in [-0.39, 0.29) is 22.9 Å². The largest absolute Gasteiger partial charge is 0.497 e. The van der Waals surface area contributed by atoms with E-state index in [1.807, 2.05) is 29.6 Å². The first-order valence-corrected chi connectivity index (χ1v) is 12.5. The van der Waals surface area contributed by atoms with Crippen LogP contribution in [-0.4, -0.2) is 34.6 Å². The molecule has 2 amide bonds. The fourth-order valence-corrected chi connectivity index (χ4v) is 4.56. The number of hydrogen-bond acceptors (Lipinski definition) is 8. The van der Waals surface area contributed by atoms with Gasteiger partial charge in [0.15, 0.2) is 5.13 Å². The van der Waals surface area contributed by atoms with Crippen molar-refractivity contribution in [2.24, 2.45) is 0 Å². The van der Waals surface area contributed by atoms with Gasteiger partial charge in [-0.2, -0.15) is 0 Å². The van der Waals surface area contributed by atoms with Gasteiger partial charge in [-0.15, -0.1) is 23.1 Å². The molecular weight excluding hydrogens is 500 g/mol. The first-order valence-electron chi connectivity index (χ1n) is 10.6. The van der Waals surface area contributed by atoms with Gasteiger partial charge in [0.25, 0.3) is 11.6 Å². The van der Waals surface area contributed by atoms with E-state index < -0.39 is 10.8 Å². The third kappa shape index (κ3) is 6.46. The summed E-state index contributed by atoms with van der Waals surface area (Å²) in [5.41, 5.74) is 2.28. The summed E-state index contributed by atoms with van der Waals surface area (Å²) in [4.78, 5) is 40.4. The summed E-state index contributed by atoms with van der Waals surface area (Å²) in [5, 5.41) is 18.8. The quantitative estimate of drug-likeness (QED) is 0.165. The average Bonchev–Trinajstić information content (AvgIpc) is 3.36. The zero-order valence-electron chi connectivity index (χ0n) is 19.0. The molecule has 0 spiro atoms. The maximum Gasteiger partial charge on any atom is 0.270 e. The molecule has 0 bridgehead atoms. The second-order valence-electron chi connectivity index (χ2n) is 7.39. The summed E-state index contributed by atoms with van der Waals surface area (Å²) >= 11 is 2.70. The van der Waals surface area contributed by atoms with Gasteiger partial charge in [-0.3, -0.25) is 19.7 Å². The third-order valence-corrected chi connectivity index (χ3v) is 6.71. The molecule has 36 heavy (non-hydrogen) atoms. The number of non-ortho nitro benzene ring substituents is 1. The lowest BCUT2D eigenvalue weighted by atomic mass is 10.2. The molecule has 2 N–H and O–H groups in total. The maximum atomic E-state index is 12.4. The highest BCUT2D eigenvalue weighted by atomic mass is 32.2. The van der Waals surface area contributed by atoms with Gasteiger partial charge >= 0.3 is 0 Å². The first kappa shape index (κ1) is 24.9. The SMILES string of the molecule is COc1ccc(-c2csc(NC(=O)CSc3ccc(NC(=O)c4cccc([N+](=O)[O-])c4)cc3)n2)cc1. The van der Waals surface area contributed by atoms with E-state index in [1.54, 1.807) is 31.4 Å². The van der Waals surface area contributed by atoms with E-state index in [9.17, 15) is 19.7 Å². The molecule has 0 saturated heterocycles. The van der Waals surface area contributed by atoms with Crippen LogP contribution < -0.4 is 15.4 Å². The molecular formula is C25H20N4O5S2. The third-order valence-electron chi connectivity index (χ3n) is 4.94. The molecule has 0 aliphatic heterocycles. The van der Waals surface area contributed by atoms with Gasteiger partial charge < -0.3 is 15.4 Å². The molecule has 0 saturated carbocycles. The standard InChI is InChI=1S/C25H20N4O5S2/c1-34-20-9-5-16(6-10-20)22-14-36-25(27-22)28-23(30)15-35-21-11-7-18(8-12-21)26-24(31)17-3-2-4-19(13-17)29(32)33/h2-14H,15H2,1H3,(H,26,31)(H,27,28,30). The van der Waals surface area contributed by atoms with Crippen LogP contribution in [0.15, 0.2) is 83.1 Å². The summed E-state index contributed by atoms with van der Waals surface area (Å²) < 4.78 is 5.16. The van der Waals surface area contributed by atoms with Crippen molar-refractivity contribution in [1.82, 2.24) is 4.98 Å². The van der Waals surface area contributed by atoms with Crippen molar-refractivity contribution >= 4 is 51.4 Å². The highest BCUT2D eigenvalue weighted by Gasteiger charge is 2.12. The van der Waals surface area contributed by atoms with E-state index in [1.165, 1.54) is 47.4 Å². The van der Waals surface area contributed by atoms with Crippen LogP contribution in [0, 0.1) is 10.1 Å². The second-order valence-corrected chi connectivity index (χ2v) is 9.30. The van der Waals surface area contributed by atoms with E-state index in [4.69, 9.17) is 4.74 Å². The number of nitro groups is 1. The van der Waals surface area contributed by atoms with Crippen LogP contribution in [0.3, 0.4) is 0 Å². The van der Waals surface area contributed by atoms with Crippen LogP contribution >= 0.6 is 23.1 Å². The average molecular weight is 521 g/mol. The number of rotatable bonds is 9. The van der Waals surface area contributed by atoms with Crippen molar-refractivity contribution in [3.05, 3.63) is 93.9 Å². The Labute approximate surface area is 214 Å². The summed E-state index contributed by atoms with van der Waals surface area (Å²) in [6.45, 7) is 0. The highest BCUT2D eigenvalue weighted by Crippen LogP contribution is 2.27. The summed E-state index contributed by atoms with van der Waals surface area (Å²) in [7, 11) is 1.61. The molecule has 1 aromatic heterocycles. The van der Waals surface area contributed by atoms with Crippen LogP contribution in [0.25, 0.3) is 11.3 Å². The Kier molecular flexibility index (Phi) is 7.93. The molecule has 0 fully saturated rings. The van der Waals surface area contributed by atoms with E-state index in [2.05, 4.69) is 15.6 Å². The van der Waals surface area contributed by atoms with Gasteiger partial charge in [-0.05, 0) is 54.6 Å². The lowest BCUT2D eigenvalue weighted by Crippen LogP contribution is -2.13. The zero-order valence-corrected chi connectivity index (χ0v) is 20.6. The zero-order chi connectivity index (χ0) is 25.5. The molecule has 9 nitrogen and oxygen atoms in total. The Balaban J connectivity index is 1.27. The van der Waals surface area contributed by atoms with E-state index in [0.717, 1.165) is 21.9 Å². The maximum absolute atomic E-state index is 12.4. The Bertz CT molecular complexity index is 1390. The Morgan fingerprint density at radius 1 is 1.06 bits per heavy atom. The minimum absolute atomic E-state index is 0.151. The Morgan fingerprint density at radius 3 is 2.50 bits per heavy atom. The number of ether oxygens (including phenoxy) is 1. The minimum Gasteiger partial charge on any atom is -0.497 e. The number of nitro benzene ring substituents is 1. The summed E-state index contributed by atoms with van der Waals surface area (Å²) in [6.07, 6.45) is 0. The minimum atomic E-state index is -0.548. The molecule has 4 aromatic rings. The lowest BCUT2D eigenvalue weighted by molar-refractivity contribution is -0.384. The number of anilines is 2. The number of thiazole rings is 1. The number of benzene rings is 3. The van der Waals surface area contributed by atoms with Gasteiger partial charge in [0.1, 0.15) is 5.75 Å². The van der Waals surface area contributed by atoms with Gasteiger partial charge in [0.05, 0.1) is 23.5 Å². The smallest absolute Gasteiger partial charge is 0.270 e. The van der Waals surface area contributed by atoms with Crippen LogP contribution in [0.2, 0.25) is 0 Å². The molecule has 0 aliphatic rings. The summed E-state index contributed by atoms with van der Waals surface area (Å²) in [5.74, 6) is 0.323. The molecule has 0 radical (unpaired) electrons. The first-order chi connectivity index (χ1) is 17.4. The number of carbonyl (C=O) groups excluding carboxylic acids is 2. The fourth-order valence-electron chi connectivity index (χ4n) is 3.13. The normalized spacial score (nSPS) is 10.5. The number of aromatic nitrogens is 1. The van der Waals surface area contributed by atoms with Crippen molar-refractivity contribution in [2.45, 2.75) is 4.90 Å². The molecule has 0 aliphatic carbocycles. The topological polar surface area (TPSA) is 123 Å². The van der Waals surface area contributed by atoms with Crippen molar-refractivity contribution < 1.29 is 19.2 Å². The van der Waals surface area contributed by atoms with E-state index in [0.29, 0.717) is 10.8 Å². The van der Waals surface area contributed by atoms with Crippen molar-refractivity contribution in [2.75, 3.05) is 23.5 Å². The molecule has 0 atom stereocenters. The lowest BCUT2D eigenvalue weighted by Gasteiger charge is -2.07. The molecule has 1 heterocycles. The summed E-state index contributed by atoms with van der Waals surface area (Å²) in [6, 6.07) is 20.0. The molecule has 3 aromatic carbocycles. The number of methoxy groups -OCH3 is 1. The number of nitrogens with one attached hydrogen (secondary N) is 2. The number of thioether (sulfide) groups is 1. The number of nitrogens with zero attached hydrogens (tertiary/aromatic N) is 2. The molecule has 182 valence electrons. The van der Waals surface area contributed by atoms with Gasteiger partial charge in [0.2, 0.25) is 5.91 Å². The molecule has 11 heteroatoms. The number of carbonyl (C=O) groups is 2. The van der Waals surface area contributed by atoms with Gasteiger partial charge in [0, 0.05) is 39.2 Å². The Hall–Kier alpha value is -4.22. The predicted molar refractivity (Wildman–Crippen MR) is 141 cm³/mol. The number of amides is 2. The monoisotopic (exact) mass is 520 g/mol. The molecule has 4 rings (SSSR count). The molecule has 0 unspecified atom stereocenters. The predicted octanol–water partition coefficient (Wildman–Crippen LogP) is 5.71. The van der Waals surface area contributed by atoms with Crippen molar-refractivity contribution in [3.8, 4) is 17.0 Å². The van der Waals surface area contributed by atoms with Gasteiger partial charge in [-0.1, -0.05) is 6.07 Å². The second kappa shape index (κ2) is 11.5. The van der Waals surface area contributed by atoms with Crippen LogP contribution in [0.5, 0.6) is 5.75 Å². The number of hydrogen-bond donors (Lipinski definition) is 2. The van der Waals surface area contributed by atoms with Crippen LogP contribution in [0.4, 0.5) is 16.5 Å². The van der Waals surface area contributed by atoms with Crippen LogP contribution in [-0.2, 0) is 4.79 Å². The van der Waals surface area contributed by atoms with Crippen molar-refractivity contribution in [1.29, 1.82) is 0 Å². The van der Waals surface area contributed by atoms with Gasteiger partial charge in [-0.25, -0.2) is 4.98 Å². The van der Waals surface area contributed by atoms with Crippen LogP contribution in [0.1, 0.15) is 10.4 Å². The highest BCUT2D eigenvalue weighted by molar-refractivity contribution is 8.00. The van der Waals surface area contributed by atoms with E-state index >= 15 is 0 Å². The fraction of sp³-hybridized carbons (Fsp3) is 0.0800.